The van der Waals surface area contributed by atoms with Crippen molar-refractivity contribution in [3.05, 3.63) is 23.8 Å². The lowest BCUT2D eigenvalue weighted by Gasteiger charge is -2.36. The van der Waals surface area contributed by atoms with Gasteiger partial charge in [0.2, 0.25) is 0 Å². The van der Waals surface area contributed by atoms with Crippen molar-refractivity contribution in [3.63, 3.8) is 0 Å². The van der Waals surface area contributed by atoms with Crippen LogP contribution in [0.25, 0.3) is 0 Å². The third-order valence-electron chi connectivity index (χ3n) is 5.02. The number of ether oxygens (including phenoxy) is 3. The maximum absolute atomic E-state index is 12.1. The first-order valence-electron chi connectivity index (χ1n) is 8.45. The van der Waals surface area contributed by atoms with Gasteiger partial charge in [-0.25, -0.2) is 0 Å². The molecule has 1 saturated heterocycles. The van der Waals surface area contributed by atoms with Gasteiger partial charge in [0.15, 0.2) is 11.5 Å². The van der Waals surface area contributed by atoms with Crippen LogP contribution < -0.4 is 9.47 Å². The molecule has 132 valence electrons. The van der Waals surface area contributed by atoms with E-state index in [1.165, 1.54) is 0 Å². The smallest absolute Gasteiger partial charge is 0.315 e. The average Bonchev–Trinajstić information content (AvgIpc) is 2.98. The third-order valence-corrected chi connectivity index (χ3v) is 5.02. The quantitative estimate of drug-likeness (QED) is 0.769. The van der Waals surface area contributed by atoms with Crippen LogP contribution in [0, 0.1) is 5.41 Å². The summed E-state index contributed by atoms with van der Waals surface area (Å²) in [5, 5.41) is 9.91. The fraction of sp³-hybridized carbons (Fsp3) is 0.611. The highest BCUT2D eigenvalue weighted by Crippen LogP contribution is 2.52. The van der Waals surface area contributed by atoms with Gasteiger partial charge < -0.3 is 19.3 Å². The zero-order chi connectivity index (χ0) is 17.2. The van der Waals surface area contributed by atoms with E-state index in [2.05, 4.69) is 11.8 Å². The zero-order valence-electron chi connectivity index (χ0n) is 14.3. The predicted octanol–water partition coefficient (Wildman–Crippen LogP) is 1.98. The van der Waals surface area contributed by atoms with E-state index in [1.807, 2.05) is 18.2 Å². The van der Waals surface area contributed by atoms with Gasteiger partial charge >= 0.3 is 5.97 Å². The second-order valence-corrected chi connectivity index (χ2v) is 6.53. The lowest BCUT2D eigenvalue weighted by molar-refractivity contribution is -0.152. The summed E-state index contributed by atoms with van der Waals surface area (Å²) in [7, 11) is 1.60. The highest BCUT2D eigenvalue weighted by molar-refractivity contribution is 5.78. The van der Waals surface area contributed by atoms with E-state index in [1.54, 1.807) is 7.11 Å². The summed E-state index contributed by atoms with van der Waals surface area (Å²) in [5.41, 5.74) is 0.0318. The molecule has 3 rings (SSSR count). The molecule has 0 bridgehead atoms. The molecule has 0 aromatic heterocycles. The Morgan fingerprint density at radius 2 is 2.29 bits per heavy atom. The molecular formula is C18H25NO5. The van der Waals surface area contributed by atoms with Crippen molar-refractivity contribution in [1.82, 2.24) is 4.90 Å². The molecule has 0 aliphatic carbocycles. The molecule has 0 unspecified atom stereocenters. The van der Waals surface area contributed by atoms with Crippen LogP contribution in [-0.4, -0.2) is 62.5 Å². The van der Waals surface area contributed by atoms with Crippen molar-refractivity contribution in [1.29, 1.82) is 0 Å². The van der Waals surface area contributed by atoms with Gasteiger partial charge in [0.1, 0.15) is 12.0 Å². The molecule has 6 heteroatoms. The monoisotopic (exact) mass is 335 g/mol. The van der Waals surface area contributed by atoms with Crippen molar-refractivity contribution in [2.24, 2.45) is 5.41 Å². The summed E-state index contributed by atoms with van der Waals surface area (Å²) in [6.07, 6.45) is 0.989. The fourth-order valence-electron chi connectivity index (χ4n) is 3.76. The van der Waals surface area contributed by atoms with Crippen LogP contribution in [0.2, 0.25) is 0 Å². The topological polar surface area (TPSA) is 68.2 Å². The number of carbonyl (C=O) groups is 1. The Morgan fingerprint density at radius 1 is 1.46 bits per heavy atom. The molecular weight excluding hydrogens is 310 g/mol. The number of rotatable bonds is 7. The minimum atomic E-state index is -0.899. The highest BCUT2D eigenvalue weighted by Gasteiger charge is 2.56. The van der Waals surface area contributed by atoms with Gasteiger partial charge in [0, 0.05) is 37.7 Å². The van der Waals surface area contributed by atoms with Gasteiger partial charge in [0.05, 0.1) is 13.7 Å². The minimum Gasteiger partial charge on any atom is -0.493 e. The number of hydrogen-bond acceptors (Lipinski definition) is 5. The second-order valence-electron chi connectivity index (χ2n) is 6.53. The first-order valence-corrected chi connectivity index (χ1v) is 8.45. The van der Waals surface area contributed by atoms with Crippen LogP contribution in [0.5, 0.6) is 11.5 Å². The lowest BCUT2D eigenvalue weighted by Crippen LogP contribution is -2.45. The van der Waals surface area contributed by atoms with Crippen molar-refractivity contribution in [2.75, 3.05) is 46.6 Å². The van der Waals surface area contributed by atoms with Crippen LogP contribution in [0.4, 0.5) is 0 Å². The van der Waals surface area contributed by atoms with Crippen molar-refractivity contribution in [2.45, 2.75) is 19.3 Å². The van der Waals surface area contributed by atoms with Crippen LogP contribution in [-0.2, 0) is 9.53 Å². The number of carboxylic acids is 1. The number of likely N-dealkylation sites (tertiary alicyclic amines) is 1. The van der Waals surface area contributed by atoms with E-state index in [-0.39, 0.29) is 12.5 Å². The van der Waals surface area contributed by atoms with Crippen LogP contribution in [0.15, 0.2) is 18.2 Å². The van der Waals surface area contributed by atoms with Crippen LogP contribution >= 0.6 is 0 Å². The van der Waals surface area contributed by atoms with Crippen LogP contribution in [0.3, 0.4) is 0 Å². The number of aliphatic carboxylic acids is 1. The van der Waals surface area contributed by atoms with Gasteiger partial charge in [-0.05, 0) is 12.5 Å². The van der Waals surface area contributed by atoms with Gasteiger partial charge in [-0.2, -0.15) is 0 Å². The largest absolute Gasteiger partial charge is 0.493 e. The van der Waals surface area contributed by atoms with E-state index >= 15 is 0 Å². The molecule has 6 nitrogen and oxygen atoms in total. The molecule has 1 fully saturated rings. The highest BCUT2D eigenvalue weighted by atomic mass is 16.5. The van der Waals surface area contributed by atoms with E-state index in [0.717, 1.165) is 25.1 Å². The number of benzene rings is 1. The molecule has 0 amide bonds. The molecule has 1 aromatic carbocycles. The molecule has 2 heterocycles. The minimum absolute atomic E-state index is 0.0972. The van der Waals surface area contributed by atoms with E-state index in [9.17, 15) is 9.90 Å². The Morgan fingerprint density at radius 3 is 3.00 bits per heavy atom. The first kappa shape index (κ1) is 17.0. The summed E-state index contributed by atoms with van der Waals surface area (Å²) in [4.78, 5) is 14.2. The summed E-state index contributed by atoms with van der Waals surface area (Å²) in [6, 6.07) is 5.69. The summed E-state index contributed by atoms with van der Waals surface area (Å²) in [5.74, 6) is 0.458. The van der Waals surface area contributed by atoms with Crippen molar-refractivity contribution in [3.8, 4) is 11.5 Å². The van der Waals surface area contributed by atoms with E-state index in [4.69, 9.17) is 14.2 Å². The molecule has 2 aliphatic rings. The predicted molar refractivity (Wildman–Crippen MR) is 88.8 cm³/mol. The molecule has 24 heavy (non-hydrogen) atoms. The molecule has 1 aromatic rings. The number of carboxylic acid groups (broad SMARTS) is 1. The fourth-order valence-corrected chi connectivity index (χ4v) is 3.76. The lowest BCUT2D eigenvalue weighted by atomic mass is 9.73. The summed E-state index contributed by atoms with van der Waals surface area (Å²) < 4.78 is 16.8. The molecule has 0 spiro atoms. The SMILES string of the molecule is CCCOCCN1C[C@@H]2c3cccc(OC)c3OC[C@]2(C(=O)O)C1. The average molecular weight is 335 g/mol. The number of para-hydroxylation sites is 1. The van der Waals surface area contributed by atoms with Gasteiger partial charge in [-0.15, -0.1) is 0 Å². The number of methoxy groups -OCH3 is 1. The van der Waals surface area contributed by atoms with Gasteiger partial charge in [-0.1, -0.05) is 19.1 Å². The summed E-state index contributed by atoms with van der Waals surface area (Å²) in [6.45, 7) is 5.54. The number of hydrogen-bond donors (Lipinski definition) is 1. The normalized spacial score (nSPS) is 25.7. The van der Waals surface area contributed by atoms with Crippen molar-refractivity contribution >= 4 is 5.97 Å². The number of nitrogens with zero attached hydrogens (tertiary/aromatic N) is 1. The third kappa shape index (κ3) is 2.84. The zero-order valence-corrected chi connectivity index (χ0v) is 14.3. The molecule has 1 N–H and O–H groups in total. The Hall–Kier alpha value is -1.79. The Labute approximate surface area is 142 Å². The standard InChI is InChI=1S/C18H25NO5/c1-3-8-23-9-7-19-10-14-13-5-4-6-15(22-2)16(13)24-12-18(14,11-19)17(20)21/h4-6,14H,3,7-12H2,1-2H3,(H,20,21)/t14-,18-/m1/s1. The number of fused-ring (bicyclic) bond motifs is 3. The van der Waals surface area contributed by atoms with E-state index < -0.39 is 11.4 Å². The summed E-state index contributed by atoms with van der Waals surface area (Å²) >= 11 is 0. The Bertz CT molecular complexity index is 605. The van der Waals surface area contributed by atoms with Crippen molar-refractivity contribution < 1.29 is 24.1 Å². The molecule has 2 aliphatic heterocycles. The Kier molecular flexibility index (Phi) is 4.96. The maximum Gasteiger partial charge on any atom is 0.315 e. The molecule has 0 saturated carbocycles. The molecule has 2 atom stereocenters. The van der Waals surface area contributed by atoms with E-state index in [0.29, 0.717) is 31.2 Å². The molecule has 0 radical (unpaired) electrons. The Balaban J connectivity index is 1.83. The van der Waals surface area contributed by atoms with Gasteiger partial charge in [0.25, 0.3) is 0 Å². The maximum atomic E-state index is 12.1. The first-order chi connectivity index (χ1) is 11.6. The second kappa shape index (κ2) is 6.99. The van der Waals surface area contributed by atoms with Crippen LogP contribution in [0.1, 0.15) is 24.8 Å². The van der Waals surface area contributed by atoms with Gasteiger partial charge in [-0.3, -0.25) is 9.69 Å².